The highest BCUT2D eigenvalue weighted by Crippen LogP contribution is 2.33. The van der Waals surface area contributed by atoms with E-state index in [1.807, 2.05) is 24.3 Å². The van der Waals surface area contributed by atoms with E-state index < -0.39 is 0 Å². The second kappa shape index (κ2) is 10.7. The monoisotopic (exact) mass is 432 g/mol. The summed E-state index contributed by atoms with van der Waals surface area (Å²) in [5.74, 6) is 0.430. The Kier molecular flexibility index (Phi) is 8.56. The van der Waals surface area contributed by atoms with E-state index in [1.165, 1.54) is 17.3 Å². The van der Waals surface area contributed by atoms with Crippen LogP contribution in [0.15, 0.2) is 27.8 Å². The van der Waals surface area contributed by atoms with Gasteiger partial charge in [0.05, 0.1) is 30.2 Å². The Morgan fingerprint density at radius 2 is 2.20 bits per heavy atom. The molecule has 1 aromatic rings. The second-order valence-corrected chi connectivity index (χ2v) is 6.93. The van der Waals surface area contributed by atoms with Gasteiger partial charge in [-0.2, -0.15) is 4.28 Å². The topological polar surface area (TPSA) is 80.3 Å². The first-order valence-electron chi connectivity index (χ1n) is 7.90. The van der Waals surface area contributed by atoms with Gasteiger partial charge in [-0.1, -0.05) is 18.9 Å². The molecule has 0 unspecified atom stereocenters. The van der Waals surface area contributed by atoms with Crippen molar-refractivity contribution >= 4 is 40.0 Å². The minimum Gasteiger partial charge on any atom is -0.496 e. The molecule has 0 aromatic heterocycles. The summed E-state index contributed by atoms with van der Waals surface area (Å²) in [6.45, 7) is 0.642. The number of methoxy groups -OCH3 is 1. The molecule has 0 aliphatic carbocycles. The van der Waals surface area contributed by atoms with Crippen molar-refractivity contribution in [3.63, 3.8) is 0 Å². The van der Waals surface area contributed by atoms with Gasteiger partial charge in [0, 0.05) is 6.42 Å². The van der Waals surface area contributed by atoms with E-state index in [2.05, 4.69) is 15.9 Å². The largest absolute Gasteiger partial charge is 0.496 e. The molecule has 0 atom stereocenters. The number of hydroxylamine groups is 3. The van der Waals surface area contributed by atoms with Crippen molar-refractivity contribution in [2.45, 2.75) is 32.1 Å². The number of benzene rings is 1. The van der Waals surface area contributed by atoms with Crippen molar-refractivity contribution in [3.8, 4) is 5.75 Å². The summed E-state index contributed by atoms with van der Waals surface area (Å²) in [5, 5.41) is 10.5. The highest BCUT2D eigenvalue weighted by atomic mass is 79.9. The molecule has 7 nitrogen and oxygen atoms in total. The van der Waals surface area contributed by atoms with Crippen LogP contribution in [0.2, 0.25) is 0 Å². The summed E-state index contributed by atoms with van der Waals surface area (Å²) in [7, 11) is 1.63. The molecule has 1 aromatic carbocycles. The summed E-state index contributed by atoms with van der Waals surface area (Å²) in [5.41, 5.74) is 2.60. The lowest BCUT2D eigenvalue weighted by Gasteiger charge is -2.10. The third-order valence-corrected chi connectivity index (χ3v) is 4.69. The van der Waals surface area contributed by atoms with Crippen molar-refractivity contribution in [2.24, 2.45) is 0 Å². The van der Waals surface area contributed by atoms with Crippen LogP contribution in [-0.2, 0) is 13.9 Å². The second-order valence-electron chi connectivity index (χ2n) is 5.36. The third kappa shape index (κ3) is 6.87. The van der Waals surface area contributed by atoms with Gasteiger partial charge in [0.25, 0.3) is 0 Å². The fourth-order valence-electron chi connectivity index (χ4n) is 2.19. The number of carbonyl (C=O) groups is 1. The van der Waals surface area contributed by atoms with Gasteiger partial charge in [-0.3, -0.25) is 10.0 Å². The van der Waals surface area contributed by atoms with Crippen molar-refractivity contribution in [2.75, 3.05) is 13.7 Å². The molecule has 9 heteroatoms. The van der Waals surface area contributed by atoms with Crippen LogP contribution in [0.5, 0.6) is 5.75 Å². The van der Waals surface area contributed by atoms with Crippen LogP contribution in [-0.4, -0.2) is 30.0 Å². The number of halogens is 1. The molecule has 0 spiro atoms. The van der Waals surface area contributed by atoms with Crippen LogP contribution < -0.4 is 10.2 Å². The number of unbranched alkanes of at least 4 members (excludes halogenated alkanes) is 3. The van der Waals surface area contributed by atoms with Gasteiger partial charge >= 0.3 is 0 Å². The van der Waals surface area contributed by atoms with Gasteiger partial charge in [-0.15, -0.1) is 0 Å². The van der Waals surface area contributed by atoms with E-state index in [4.69, 9.17) is 19.1 Å². The lowest BCUT2D eigenvalue weighted by molar-refractivity contribution is -0.259. The normalized spacial score (nSPS) is 16.0. The zero-order valence-electron chi connectivity index (χ0n) is 13.9. The third-order valence-electron chi connectivity index (χ3n) is 3.47. The summed E-state index contributed by atoms with van der Waals surface area (Å²) in [4.78, 5) is 16.5. The number of carbonyl (C=O) groups excluding carboxylic acids is 1. The average molecular weight is 433 g/mol. The maximum atomic E-state index is 10.9. The van der Waals surface area contributed by atoms with Crippen molar-refractivity contribution in [1.82, 2.24) is 10.7 Å². The predicted molar refractivity (Wildman–Crippen MR) is 98.2 cm³/mol. The maximum absolute atomic E-state index is 10.9. The molecule has 1 aliphatic rings. The van der Waals surface area contributed by atoms with Crippen LogP contribution in [0, 0.1) is 0 Å². The minimum atomic E-state index is -0.345. The van der Waals surface area contributed by atoms with Crippen LogP contribution in [0.4, 0.5) is 0 Å². The van der Waals surface area contributed by atoms with Crippen molar-refractivity contribution in [3.05, 3.63) is 33.3 Å². The first-order valence-corrected chi connectivity index (χ1v) is 9.44. The Balaban J connectivity index is 1.69. The SMILES string of the molecule is COc1ccc(C=C2ON(CCCCCCC(=O)NO)OS2)cc1Br. The fraction of sp³-hybridized carbons (Fsp3) is 0.438. The molecule has 138 valence electrons. The highest BCUT2D eigenvalue weighted by Gasteiger charge is 2.20. The van der Waals surface area contributed by atoms with E-state index in [-0.39, 0.29) is 5.91 Å². The molecule has 0 radical (unpaired) electrons. The molecule has 1 aliphatic heterocycles. The Morgan fingerprint density at radius 3 is 2.92 bits per heavy atom. The van der Waals surface area contributed by atoms with E-state index in [0.29, 0.717) is 18.1 Å². The van der Waals surface area contributed by atoms with Gasteiger partial charge in [0.1, 0.15) is 5.75 Å². The number of nitrogens with one attached hydrogen (secondary N) is 1. The number of hydrogen-bond donors (Lipinski definition) is 2. The lowest BCUT2D eigenvalue weighted by Crippen LogP contribution is -2.18. The Labute approximate surface area is 159 Å². The smallest absolute Gasteiger partial charge is 0.243 e. The highest BCUT2D eigenvalue weighted by molar-refractivity contribution is 9.10. The first kappa shape index (κ1) is 20.1. The number of rotatable bonds is 9. The zero-order chi connectivity index (χ0) is 18.1. The van der Waals surface area contributed by atoms with Crippen LogP contribution in [0.25, 0.3) is 6.08 Å². The minimum absolute atomic E-state index is 0.341. The zero-order valence-corrected chi connectivity index (χ0v) is 16.3. The van der Waals surface area contributed by atoms with E-state index in [0.717, 1.165) is 41.5 Å². The molecule has 2 rings (SSSR count). The van der Waals surface area contributed by atoms with Crippen LogP contribution in [0.3, 0.4) is 0 Å². The molecule has 0 bridgehead atoms. The molecular weight excluding hydrogens is 412 g/mol. The maximum Gasteiger partial charge on any atom is 0.243 e. The van der Waals surface area contributed by atoms with Crippen molar-refractivity contribution < 1.29 is 23.9 Å². The average Bonchev–Trinajstić information content (AvgIpc) is 3.05. The van der Waals surface area contributed by atoms with Gasteiger partial charge in [-0.05, 0) is 57.8 Å². The summed E-state index contributed by atoms with van der Waals surface area (Å²) in [6.07, 6.45) is 5.74. The number of amides is 1. The summed E-state index contributed by atoms with van der Waals surface area (Å²) in [6, 6.07) is 5.76. The van der Waals surface area contributed by atoms with Gasteiger partial charge < -0.3 is 9.57 Å². The van der Waals surface area contributed by atoms with Crippen LogP contribution >= 0.6 is 28.0 Å². The standard InChI is InChI=1S/C16H21BrN2O5S/c1-22-14-8-7-12(10-13(14)17)11-16-23-19(24-25-16)9-5-3-2-4-6-15(20)18-21/h7-8,10-11,21H,2-6,9H2,1H3,(H,18,20). The molecule has 1 amide bonds. The molecule has 2 N–H and O–H groups in total. The predicted octanol–water partition coefficient (Wildman–Crippen LogP) is 4.04. The molecular formula is C16H21BrN2O5S. The number of ether oxygens (including phenoxy) is 1. The summed E-state index contributed by atoms with van der Waals surface area (Å²) < 4.78 is 11.5. The Morgan fingerprint density at radius 1 is 1.40 bits per heavy atom. The van der Waals surface area contributed by atoms with E-state index in [1.54, 1.807) is 12.6 Å². The van der Waals surface area contributed by atoms with E-state index in [9.17, 15) is 4.79 Å². The van der Waals surface area contributed by atoms with Crippen LogP contribution in [0.1, 0.15) is 37.7 Å². The van der Waals surface area contributed by atoms with E-state index >= 15 is 0 Å². The fourth-order valence-corrected chi connectivity index (χ4v) is 3.30. The molecule has 0 saturated carbocycles. The Hall–Kier alpha value is -1.26. The molecule has 25 heavy (non-hydrogen) atoms. The number of hydrogen-bond acceptors (Lipinski definition) is 7. The number of nitrogens with zero attached hydrogens (tertiary/aromatic N) is 1. The molecule has 1 saturated heterocycles. The lowest BCUT2D eigenvalue weighted by atomic mass is 10.1. The summed E-state index contributed by atoms with van der Waals surface area (Å²) >= 11 is 4.63. The quantitative estimate of drug-likeness (QED) is 0.263. The molecule has 1 fully saturated rings. The van der Waals surface area contributed by atoms with Gasteiger partial charge in [0.2, 0.25) is 11.0 Å². The first-order chi connectivity index (χ1) is 12.1. The van der Waals surface area contributed by atoms with Gasteiger partial charge in [0.15, 0.2) is 0 Å². The Bertz CT molecular complexity index is 614. The van der Waals surface area contributed by atoms with Crippen molar-refractivity contribution in [1.29, 1.82) is 0 Å². The molecule has 1 heterocycles. The van der Waals surface area contributed by atoms with Gasteiger partial charge in [-0.25, -0.2) is 5.48 Å².